The molecule has 6 heteroatoms. The summed E-state index contributed by atoms with van der Waals surface area (Å²) in [5.74, 6) is 1.07. The van der Waals surface area contributed by atoms with Crippen molar-refractivity contribution in [2.24, 2.45) is 0 Å². The minimum Gasteiger partial charge on any atom is -0.491 e. The molecule has 0 bridgehead atoms. The maximum absolute atomic E-state index is 12.4. The molecule has 0 atom stereocenters. The Morgan fingerprint density at radius 2 is 2.00 bits per heavy atom. The van der Waals surface area contributed by atoms with Gasteiger partial charge in [-0.3, -0.25) is 4.79 Å². The van der Waals surface area contributed by atoms with Gasteiger partial charge in [-0.05, 0) is 50.6 Å². The van der Waals surface area contributed by atoms with Crippen LogP contribution in [-0.2, 0) is 6.54 Å². The van der Waals surface area contributed by atoms with Crippen molar-refractivity contribution < 1.29 is 13.9 Å². The Bertz CT molecular complexity index is 850. The monoisotopic (exact) mass is 356 g/mol. The molecule has 5 nitrogen and oxygen atoms in total. The fourth-order valence-electron chi connectivity index (χ4n) is 2.36. The Morgan fingerprint density at radius 3 is 2.64 bits per heavy atom. The standard InChI is InChI=1S/C19H20N2O3S/c1-12(2)24-15-7-5-14(6-8-15)10-20-19(22)17-18(23-11-21-17)16-9-4-13(3)25-16/h4-9,11-12H,10H2,1-3H3,(H,20,22). The highest BCUT2D eigenvalue weighted by molar-refractivity contribution is 7.15. The second-order valence-electron chi connectivity index (χ2n) is 5.93. The maximum Gasteiger partial charge on any atom is 0.274 e. The van der Waals surface area contributed by atoms with Crippen LogP contribution in [0.4, 0.5) is 0 Å². The Kier molecular flexibility index (Phi) is 5.19. The van der Waals surface area contributed by atoms with E-state index in [1.807, 2.05) is 57.2 Å². The van der Waals surface area contributed by atoms with Gasteiger partial charge >= 0.3 is 0 Å². The second-order valence-corrected chi connectivity index (χ2v) is 7.22. The van der Waals surface area contributed by atoms with Crippen LogP contribution in [-0.4, -0.2) is 17.0 Å². The topological polar surface area (TPSA) is 64.4 Å². The molecule has 0 fully saturated rings. The highest BCUT2D eigenvalue weighted by Gasteiger charge is 2.19. The van der Waals surface area contributed by atoms with Gasteiger partial charge in [-0.1, -0.05) is 12.1 Å². The molecular formula is C19H20N2O3S. The molecule has 0 aliphatic heterocycles. The van der Waals surface area contributed by atoms with Crippen molar-refractivity contribution in [2.75, 3.05) is 0 Å². The van der Waals surface area contributed by atoms with Crippen molar-refractivity contribution in [1.29, 1.82) is 0 Å². The first-order valence-corrected chi connectivity index (χ1v) is 8.88. The van der Waals surface area contributed by atoms with E-state index in [1.165, 1.54) is 6.39 Å². The summed E-state index contributed by atoms with van der Waals surface area (Å²) < 4.78 is 11.0. The zero-order chi connectivity index (χ0) is 17.8. The van der Waals surface area contributed by atoms with Gasteiger partial charge in [0.2, 0.25) is 0 Å². The van der Waals surface area contributed by atoms with Gasteiger partial charge in [0.1, 0.15) is 5.75 Å². The number of thiophene rings is 1. The number of ether oxygens (including phenoxy) is 1. The van der Waals surface area contributed by atoms with Crippen LogP contribution >= 0.6 is 11.3 Å². The van der Waals surface area contributed by atoms with Crippen LogP contribution in [0.25, 0.3) is 10.6 Å². The first-order valence-electron chi connectivity index (χ1n) is 8.07. The Hall–Kier alpha value is -2.60. The third kappa shape index (κ3) is 4.28. The van der Waals surface area contributed by atoms with Gasteiger partial charge in [-0.2, -0.15) is 0 Å². The first kappa shape index (κ1) is 17.2. The van der Waals surface area contributed by atoms with Crippen LogP contribution in [0, 0.1) is 6.92 Å². The van der Waals surface area contributed by atoms with Gasteiger partial charge in [0, 0.05) is 11.4 Å². The Balaban J connectivity index is 1.65. The number of oxazole rings is 1. The van der Waals surface area contributed by atoms with Gasteiger partial charge in [-0.25, -0.2) is 4.98 Å². The van der Waals surface area contributed by atoms with E-state index in [4.69, 9.17) is 9.15 Å². The lowest BCUT2D eigenvalue weighted by Crippen LogP contribution is -2.23. The van der Waals surface area contributed by atoms with E-state index in [2.05, 4.69) is 10.3 Å². The van der Waals surface area contributed by atoms with E-state index in [1.54, 1.807) is 11.3 Å². The van der Waals surface area contributed by atoms with Crippen molar-refractivity contribution >= 4 is 17.2 Å². The summed E-state index contributed by atoms with van der Waals surface area (Å²) in [4.78, 5) is 18.6. The first-order chi connectivity index (χ1) is 12.0. The lowest BCUT2D eigenvalue weighted by atomic mass is 10.2. The van der Waals surface area contributed by atoms with E-state index in [0.717, 1.165) is 21.1 Å². The zero-order valence-corrected chi connectivity index (χ0v) is 15.2. The predicted molar refractivity (Wildman–Crippen MR) is 97.9 cm³/mol. The van der Waals surface area contributed by atoms with E-state index in [0.29, 0.717) is 18.0 Å². The van der Waals surface area contributed by atoms with Gasteiger partial charge in [-0.15, -0.1) is 11.3 Å². The van der Waals surface area contributed by atoms with Gasteiger partial charge in [0.25, 0.3) is 5.91 Å². The number of nitrogens with zero attached hydrogens (tertiary/aromatic N) is 1. The highest BCUT2D eigenvalue weighted by Crippen LogP contribution is 2.30. The summed E-state index contributed by atoms with van der Waals surface area (Å²) in [6.45, 7) is 6.39. The quantitative estimate of drug-likeness (QED) is 0.710. The molecule has 2 heterocycles. The normalized spacial score (nSPS) is 10.9. The summed E-state index contributed by atoms with van der Waals surface area (Å²) in [6.07, 6.45) is 1.44. The van der Waals surface area contributed by atoms with E-state index in [-0.39, 0.29) is 12.0 Å². The molecule has 0 spiro atoms. The van der Waals surface area contributed by atoms with Crippen LogP contribution in [0.15, 0.2) is 47.2 Å². The molecule has 3 rings (SSSR count). The Morgan fingerprint density at radius 1 is 1.24 bits per heavy atom. The molecule has 25 heavy (non-hydrogen) atoms. The molecule has 2 aromatic heterocycles. The fourth-order valence-corrected chi connectivity index (χ4v) is 3.22. The number of amides is 1. The summed E-state index contributed by atoms with van der Waals surface area (Å²) >= 11 is 1.57. The van der Waals surface area contributed by atoms with Crippen molar-refractivity contribution in [1.82, 2.24) is 10.3 Å². The second kappa shape index (κ2) is 7.53. The number of benzene rings is 1. The molecule has 1 aromatic carbocycles. The molecule has 0 saturated heterocycles. The maximum atomic E-state index is 12.4. The summed E-state index contributed by atoms with van der Waals surface area (Å²) in [5.41, 5.74) is 1.29. The number of rotatable bonds is 6. The highest BCUT2D eigenvalue weighted by atomic mass is 32.1. The van der Waals surface area contributed by atoms with Crippen LogP contribution in [0.5, 0.6) is 5.75 Å². The van der Waals surface area contributed by atoms with Crippen LogP contribution in [0.1, 0.15) is 34.8 Å². The van der Waals surface area contributed by atoms with Crippen molar-refractivity contribution in [2.45, 2.75) is 33.4 Å². The lowest BCUT2D eigenvalue weighted by molar-refractivity contribution is 0.0947. The molecule has 1 amide bonds. The number of carbonyl (C=O) groups excluding carboxylic acids is 1. The third-order valence-electron chi connectivity index (χ3n) is 3.49. The fraction of sp³-hybridized carbons (Fsp3) is 0.263. The summed E-state index contributed by atoms with van der Waals surface area (Å²) in [5, 5.41) is 2.88. The third-order valence-corrected chi connectivity index (χ3v) is 4.49. The van der Waals surface area contributed by atoms with Gasteiger partial charge < -0.3 is 14.5 Å². The SMILES string of the molecule is Cc1ccc(-c2ocnc2C(=O)NCc2ccc(OC(C)C)cc2)s1. The summed E-state index contributed by atoms with van der Waals surface area (Å²) in [6, 6.07) is 11.6. The van der Waals surface area contributed by atoms with E-state index >= 15 is 0 Å². The number of aromatic nitrogens is 1. The molecule has 0 saturated carbocycles. The number of carbonyl (C=O) groups is 1. The zero-order valence-electron chi connectivity index (χ0n) is 14.4. The molecule has 130 valence electrons. The molecule has 0 aliphatic rings. The number of nitrogens with one attached hydrogen (secondary N) is 1. The molecular weight excluding hydrogens is 336 g/mol. The van der Waals surface area contributed by atoms with Crippen molar-refractivity contribution in [3.63, 3.8) is 0 Å². The average Bonchev–Trinajstić information content (AvgIpc) is 3.22. The molecule has 0 radical (unpaired) electrons. The molecule has 0 aliphatic carbocycles. The number of hydrogen-bond donors (Lipinski definition) is 1. The molecule has 0 unspecified atom stereocenters. The smallest absolute Gasteiger partial charge is 0.274 e. The number of aryl methyl sites for hydroxylation is 1. The largest absolute Gasteiger partial charge is 0.491 e. The number of hydrogen-bond acceptors (Lipinski definition) is 5. The van der Waals surface area contributed by atoms with Crippen LogP contribution in [0.2, 0.25) is 0 Å². The van der Waals surface area contributed by atoms with E-state index in [9.17, 15) is 4.79 Å². The van der Waals surface area contributed by atoms with Crippen molar-refractivity contribution in [3.05, 3.63) is 58.9 Å². The Labute approximate surface area is 150 Å². The molecule has 1 N–H and O–H groups in total. The van der Waals surface area contributed by atoms with Crippen molar-refractivity contribution in [3.8, 4) is 16.4 Å². The van der Waals surface area contributed by atoms with Crippen LogP contribution < -0.4 is 10.1 Å². The van der Waals surface area contributed by atoms with Crippen LogP contribution in [0.3, 0.4) is 0 Å². The average molecular weight is 356 g/mol. The lowest BCUT2D eigenvalue weighted by Gasteiger charge is -2.10. The molecule has 3 aromatic rings. The predicted octanol–water partition coefficient (Wildman–Crippen LogP) is 4.43. The summed E-state index contributed by atoms with van der Waals surface area (Å²) in [7, 11) is 0. The minimum absolute atomic E-state index is 0.136. The van der Waals surface area contributed by atoms with Gasteiger partial charge in [0.05, 0.1) is 11.0 Å². The minimum atomic E-state index is -0.252. The van der Waals surface area contributed by atoms with E-state index < -0.39 is 0 Å². The van der Waals surface area contributed by atoms with Gasteiger partial charge in [0.15, 0.2) is 17.8 Å².